The van der Waals surface area contributed by atoms with Gasteiger partial charge < -0.3 is 9.47 Å². The zero-order chi connectivity index (χ0) is 18.7. The van der Waals surface area contributed by atoms with Crippen LogP contribution in [0.1, 0.15) is 78.6 Å². The molecule has 0 bridgehead atoms. The Morgan fingerprint density at radius 3 is 2.19 bits per heavy atom. The standard InChI is InChI=1S/C24H40O2/c1-16(2)19-9-10-20-18-8-7-17-15-24(25-5,26-6)14-13-22(17,3)21(18)11-12-23(19,20)4/h17-21H,1,7-15H2,2-6H3/t17-,18-,19+,20?,21?,22-,23+/m0/s1. The van der Waals surface area contributed by atoms with Gasteiger partial charge in [-0.15, -0.1) is 0 Å². The molecule has 7 atom stereocenters. The third kappa shape index (κ3) is 2.50. The highest BCUT2D eigenvalue weighted by Crippen LogP contribution is 2.68. The van der Waals surface area contributed by atoms with E-state index in [2.05, 4.69) is 27.4 Å². The monoisotopic (exact) mass is 360 g/mol. The van der Waals surface area contributed by atoms with Gasteiger partial charge in [-0.2, -0.15) is 0 Å². The van der Waals surface area contributed by atoms with E-state index in [1.807, 2.05) is 14.2 Å². The third-order valence-electron chi connectivity index (χ3n) is 10.0. The van der Waals surface area contributed by atoms with Crippen molar-refractivity contribution in [3.63, 3.8) is 0 Å². The van der Waals surface area contributed by atoms with Gasteiger partial charge in [0.15, 0.2) is 5.79 Å². The lowest BCUT2D eigenvalue weighted by atomic mass is 9.44. The first-order valence-corrected chi connectivity index (χ1v) is 11.1. The Morgan fingerprint density at radius 2 is 1.54 bits per heavy atom. The fourth-order valence-corrected chi connectivity index (χ4v) is 8.46. The summed E-state index contributed by atoms with van der Waals surface area (Å²) >= 11 is 0. The minimum atomic E-state index is -0.321. The van der Waals surface area contributed by atoms with Crippen LogP contribution < -0.4 is 0 Å². The molecule has 4 rings (SSSR count). The van der Waals surface area contributed by atoms with Gasteiger partial charge in [0, 0.05) is 27.1 Å². The Morgan fingerprint density at radius 1 is 0.846 bits per heavy atom. The lowest BCUT2D eigenvalue weighted by Crippen LogP contribution is -2.56. The van der Waals surface area contributed by atoms with Crippen molar-refractivity contribution in [2.24, 2.45) is 40.4 Å². The van der Waals surface area contributed by atoms with Crippen LogP contribution >= 0.6 is 0 Å². The molecule has 4 fully saturated rings. The normalized spacial score (nSPS) is 49.8. The zero-order valence-corrected chi connectivity index (χ0v) is 17.8. The molecule has 4 aliphatic carbocycles. The van der Waals surface area contributed by atoms with Gasteiger partial charge >= 0.3 is 0 Å². The van der Waals surface area contributed by atoms with Crippen LogP contribution in [0.5, 0.6) is 0 Å². The van der Waals surface area contributed by atoms with Crippen LogP contribution in [0.15, 0.2) is 12.2 Å². The SMILES string of the molecule is C=C(C)[C@H]1CCC2[C@@H]3CC[C@H]4CC(OC)(OC)CC[C@]4(C)C3CC[C@@]21C. The first kappa shape index (κ1) is 19.0. The van der Waals surface area contributed by atoms with Gasteiger partial charge in [-0.25, -0.2) is 0 Å². The minimum absolute atomic E-state index is 0.321. The second-order valence-corrected chi connectivity index (χ2v) is 10.7. The lowest BCUT2D eigenvalue weighted by molar-refractivity contribution is -0.261. The summed E-state index contributed by atoms with van der Waals surface area (Å²) < 4.78 is 11.7. The first-order chi connectivity index (χ1) is 12.3. The molecule has 2 nitrogen and oxygen atoms in total. The van der Waals surface area contributed by atoms with E-state index in [9.17, 15) is 0 Å². The van der Waals surface area contributed by atoms with Crippen LogP contribution in [0.4, 0.5) is 0 Å². The fraction of sp³-hybridized carbons (Fsp3) is 0.917. The predicted molar refractivity (Wildman–Crippen MR) is 107 cm³/mol. The Balaban J connectivity index is 1.58. The van der Waals surface area contributed by atoms with Crippen molar-refractivity contribution in [2.45, 2.75) is 84.3 Å². The molecule has 0 amide bonds. The minimum Gasteiger partial charge on any atom is -0.353 e. The summed E-state index contributed by atoms with van der Waals surface area (Å²) in [6.45, 7) is 11.9. The van der Waals surface area contributed by atoms with Crippen LogP contribution in [0.3, 0.4) is 0 Å². The van der Waals surface area contributed by atoms with Crippen LogP contribution in [0.25, 0.3) is 0 Å². The molecule has 0 aromatic rings. The maximum absolute atomic E-state index is 5.85. The molecule has 0 aromatic heterocycles. The van der Waals surface area contributed by atoms with Crippen LogP contribution in [-0.4, -0.2) is 20.0 Å². The highest BCUT2D eigenvalue weighted by molar-refractivity contribution is 5.15. The smallest absolute Gasteiger partial charge is 0.167 e. The average molecular weight is 361 g/mol. The van der Waals surface area contributed by atoms with Crippen molar-refractivity contribution >= 4 is 0 Å². The lowest BCUT2D eigenvalue weighted by Gasteiger charge is -2.62. The molecule has 148 valence electrons. The van der Waals surface area contributed by atoms with Crippen molar-refractivity contribution in [3.8, 4) is 0 Å². The van der Waals surface area contributed by atoms with E-state index >= 15 is 0 Å². The number of rotatable bonds is 3. The molecule has 0 spiro atoms. The molecule has 26 heavy (non-hydrogen) atoms. The molecule has 0 heterocycles. The van der Waals surface area contributed by atoms with Gasteiger partial charge in [-0.1, -0.05) is 26.0 Å². The van der Waals surface area contributed by atoms with E-state index in [0.717, 1.165) is 42.4 Å². The predicted octanol–water partition coefficient (Wildman–Crippen LogP) is 6.21. The average Bonchev–Trinajstić information content (AvgIpc) is 2.99. The third-order valence-corrected chi connectivity index (χ3v) is 10.0. The highest BCUT2D eigenvalue weighted by Gasteiger charge is 2.61. The summed E-state index contributed by atoms with van der Waals surface area (Å²) in [4.78, 5) is 0. The topological polar surface area (TPSA) is 18.5 Å². The fourth-order valence-electron chi connectivity index (χ4n) is 8.46. The molecule has 4 saturated carbocycles. The summed E-state index contributed by atoms with van der Waals surface area (Å²) in [5.41, 5.74) is 2.45. The number of fused-ring (bicyclic) bond motifs is 5. The van der Waals surface area contributed by atoms with E-state index in [4.69, 9.17) is 9.47 Å². The summed E-state index contributed by atoms with van der Waals surface area (Å²) in [5, 5.41) is 0. The van der Waals surface area contributed by atoms with E-state index < -0.39 is 0 Å². The van der Waals surface area contributed by atoms with Crippen molar-refractivity contribution < 1.29 is 9.47 Å². The largest absolute Gasteiger partial charge is 0.353 e. The number of ether oxygens (including phenoxy) is 2. The Bertz CT molecular complexity index is 565. The quantitative estimate of drug-likeness (QED) is 0.440. The van der Waals surface area contributed by atoms with Gasteiger partial charge in [0.1, 0.15) is 0 Å². The van der Waals surface area contributed by atoms with E-state index in [-0.39, 0.29) is 5.79 Å². The van der Waals surface area contributed by atoms with Gasteiger partial charge in [0.2, 0.25) is 0 Å². The Labute approximate surface area is 161 Å². The van der Waals surface area contributed by atoms with Gasteiger partial charge in [0.25, 0.3) is 0 Å². The summed E-state index contributed by atoms with van der Waals surface area (Å²) in [6.07, 6.45) is 11.9. The first-order valence-electron chi connectivity index (χ1n) is 11.1. The van der Waals surface area contributed by atoms with Gasteiger partial charge in [-0.05, 0) is 92.3 Å². The molecule has 0 saturated heterocycles. The summed E-state index contributed by atoms with van der Waals surface area (Å²) in [7, 11) is 3.67. The van der Waals surface area contributed by atoms with Crippen molar-refractivity contribution in [3.05, 3.63) is 12.2 Å². The molecule has 0 aromatic carbocycles. The highest BCUT2D eigenvalue weighted by atomic mass is 16.7. The van der Waals surface area contributed by atoms with Gasteiger partial charge in [0.05, 0.1) is 0 Å². The molecule has 2 unspecified atom stereocenters. The second-order valence-electron chi connectivity index (χ2n) is 10.7. The van der Waals surface area contributed by atoms with Crippen LogP contribution in [0.2, 0.25) is 0 Å². The molecule has 2 heteroatoms. The molecule has 0 aliphatic heterocycles. The summed E-state index contributed by atoms with van der Waals surface area (Å²) in [6, 6.07) is 0. The second kappa shape index (κ2) is 6.34. The van der Waals surface area contributed by atoms with Crippen molar-refractivity contribution in [2.75, 3.05) is 14.2 Å². The molecular formula is C24H40O2. The van der Waals surface area contributed by atoms with Gasteiger partial charge in [-0.3, -0.25) is 0 Å². The zero-order valence-electron chi connectivity index (χ0n) is 17.8. The molecular weight excluding hydrogens is 320 g/mol. The molecule has 0 N–H and O–H groups in total. The van der Waals surface area contributed by atoms with Crippen LogP contribution in [-0.2, 0) is 9.47 Å². The van der Waals surface area contributed by atoms with Crippen molar-refractivity contribution in [1.29, 1.82) is 0 Å². The number of allylic oxidation sites excluding steroid dienone is 1. The maximum Gasteiger partial charge on any atom is 0.167 e. The Kier molecular flexibility index (Phi) is 4.63. The van der Waals surface area contributed by atoms with Crippen LogP contribution in [0, 0.1) is 40.4 Å². The Hall–Kier alpha value is -0.340. The number of hydrogen-bond acceptors (Lipinski definition) is 2. The van der Waals surface area contributed by atoms with E-state index in [1.165, 1.54) is 50.5 Å². The molecule has 4 aliphatic rings. The van der Waals surface area contributed by atoms with E-state index in [0.29, 0.717) is 10.8 Å². The van der Waals surface area contributed by atoms with Crippen molar-refractivity contribution in [1.82, 2.24) is 0 Å². The molecule has 0 radical (unpaired) electrons. The number of hydrogen-bond donors (Lipinski definition) is 0. The summed E-state index contributed by atoms with van der Waals surface area (Å²) in [5.74, 6) is 3.99. The maximum atomic E-state index is 5.85. The number of methoxy groups -OCH3 is 2. The van der Waals surface area contributed by atoms with E-state index in [1.54, 1.807) is 0 Å².